The zero-order valence-electron chi connectivity index (χ0n) is 12.0. The van der Waals surface area contributed by atoms with E-state index in [0.717, 1.165) is 5.56 Å². The van der Waals surface area contributed by atoms with Gasteiger partial charge in [-0.15, -0.1) is 0 Å². The molecule has 4 N–H and O–H groups in total. The predicted octanol–water partition coefficient (Wildman–Crippen LogP) is 2.59. The number of aromatic nitrogens is 2. The maximum absolute atomic E-state index is 10.5. The van der Waals surface area contributed by atoms with Crippen LogP contribution in [0.4, 0.5) is 0 Å². The smallest absolute Gasteiger partial charge is 0.207 e. The summed E-state index contributed by atoms with van der Waals surface area (Å²) in [6, 6.07) is 7.32. The monoisotopic (exact) mass is 298 g/mol. The van der Waals surface area contributed by atoms with Crippen molar-refractivity contribution >= 4 is 0 Å². The molecule has 0 atom stereocenters. The van der Waals surface area contributed by atoms with Crippen LogP contribution in [0, 0.1) is 6.92 Å². The van der Waals surface area contributed by atoms with Gasteiger partial charge in [0.25, 0.3) is 0 Å². The van der Waals surface area contributed by atoms with Gasteiger partial charge in [0.2, 0.25) is 23.5 Å². The average Bonchev–Trinajstić information content (AvgIpc) is 2.74. The Balaban J connectivity index is 2.01. The predicted molar refractivity (Wildman–Crippen MR) is 80.6 cm³/mol. The standard InChI is InChI=1S/C16H14N2O4/c1-7-4-3-5-8(6-7)18-15(21)11-9-10(12(11)16(18)22)14(20)17(2)13(9)19/h3-6,19-22H,1-2H3. The fourth-order valence-corrected chi connectivity index (χ4v) is 3.10. The lowest BCUT2D eigenvalue weighted by molar-refractivity contribution is 0.387. The van der Waals surface area contributed by atoms with E-state index in [-0.39, 0.29) is 23.5 Å². The van der Waals surface area contributed by atoms with Gasteiger partial charge < -0.3 is 20.4 Å². The second-order valence-electron chi connectivity index (χ2n) is 5.53. The third-order valence-corrected chi connectivity index (χ3v) is 4.21. The Kier molecular flexibility index (Phi) is 2.19. The number of hydrogen-bond acceptors (Lipinski definition) is 4. The van der Waals surface area contributed by atoms with Crippen molar-refractivity contribution in [2.75, 3.05) is 0 Å². The molecule has 6 nitrogen and oxygen atoms in total. The fraction of sp³-hybridized carbons (Fsp3) is 0.125. The highest BCUT2D eigenvalue weighted by Gasteiger charge is 2.42. The molecule has 6 heteroatoms. The molecule has 0 amide bonds. The summed E-state index contributed by atoms with van der Waals surface area (Å²) in [5.74, 6) is -0.605. The number of aryl methyl sites for hydroxylation is 1. The third-order valence-electron chi connectivity index (χ3n) is 4.21. The summed E-state index contributed by atoms with van der Waals surface area (Å²) in [6.45, 7) is 1.91. The summed E-state index contributed by atoms with van der Waals surface area (Å²) in [4.78, 5) is 0. The van der Waals surface area contributed by atoms with Crippen molar-refractivity contribution in [3.8, 4) is 51.5 Å². The lowest BCUT2D eigenvalue weighted by Gasteiger charge is -2.14. The average molecular weight is 298 g/mol. The van der Waals surface area contributed by atoms with Crippen LogP contribution in [0.15, 0.2) is 24.3 Å². The summed E-state index contributed by atoms with van der Waals surface area (Å²) < 4.78 is 2.51. The number of aromatic hydroxyl groups is 4. The van der Waals surface area contributed by atoms with Crippen molar-refractivity contribution in [2.45, 2.75) is 6.92 Å². The molecule has 1 aromatic carbocycles. The molecule has 4 rings (SSSR count). The van der Waals surface area contributed by atoms with E-state index in [1.165, 1.54) is 16.2 Å². The van der Waals surface area contributed by atoms with Gasteiger partial charge in [-0.1, -0.05) is 12.1 Å². The molecule has 1 aliphatic carbocycles. The van der Waals surface area contributed by atoms with Gasteiger partial charge in [-0.3, -0.25) is 9.13 Å². The Morgan fingerprint density at radius 3 is 1.77 bits per heavy atom. The topological polar surface area (TPSA) is 90.8 Å². The number of rotatable bonds is 1. The summed E-state index contributed by atoms with van der Waals surface area (Å²) in [6.07, 6.45) is 0. The highest BCUT2D eigenvalue weighted by molar-refractivity contribution is 6.12. The molecule has 1 aliphatic rings. The van der Waals surface area contributed by atoms with Crippen LogP contribution in [0.25, 0.3) is 27.9 Å². The minimum Gasteiger partial charge on any atom is -0.494 e. The number of fused-ring (bicyclic) bond motifs is 4. The molecule has 2 heterocycles. The van der Waals surface area contributed by atoms with Crippen LogP contribution in [0.2, 0.25) is 0 Å². The van der Waals surface area contributed by atoms with Crippen LogP contribution in [-0.2, 0) is 7.05 Å². The van der Waals surface area contributed by atoms with E-state index >= 15 is 0 Å². The van der Waals surface area contributed by atoms with Gasteiger partial charge in [-0.2, -0.15) is 0 Å². The van der Waals surface area contributed by atoms with Gasteiger partial charge >= 0.3 is 0 Å². The fourth-order valence-electron chi connectivity index (χ4n) is 3.10. The van der Waals surface area contributed by atoms with Crippen LogP contribution in [0.5, 0.6) is 23.5 Å². The van der Waals surface area contributed by atoms with E-state index < -0.39 is 0 Å². The van der Waals surface area contributed by atoms with Gasteiger partial charge in [-0.05, 0) is 24.6 Å². The van der Waals surface area contributed by atoms with Gasteiger partial charge in [0, 0.05) is 7.05 Å². The van der Waals surface area contributed by atoms with Crippen molar-refractivity contribution in [3.05, 3.63) is 29.8 Å². The molecule has 0 fully saturated rings. The molecule has 22 heavy (non-hydrogen) atoms. The summed E-state index contributed by atoms with van der Waals surface area (Å²) in [5, 5.41) is 41.0. The van der Waals surface area contributed by atoms with Crippen LogP contribution in [0.1, 0.15) is 5.56 Å². The zero-order chi connectivity index (χ0) is 15.8. The van der Waals surface area contributed by atoms with E-state index in [9.17, 15) is 20.4 Å². The van der Waals surface area contributed by atoms with E-state index in [4.69, 9.17) is 0 Å². The third kappa shape index (κ3) is 1.25. The minimum absolute atomic E-state index is 0.142. The largest absolute Gasteiger partial charge is 0.494 e. The SMILES string of the molecule is Cc1cccc(-n2c(O)c3c(c2O)-c2c-3c(O)n(C)c2O)c1. The first-order chi connectivity index (χ1) is 10.4. The Hall–Kier alpha value is -3.02. The van der Waals surface area contributed by atoms with E-state index in [1.807, 2.05) is 25.1 Å². The molecule has 0 spiro atoms. The van der Waals surface area contributed by atoms with Gasteiger partial charge in [0.05, 0.1) is 27.9 Å². The maximum Gasteiger partial charge on any atom is 0.207 e. The molecular weight excluding hydrogens is 284 g/mol. The second-order valence-corrected chi connectivity index (χ2v) is 5.53. The van der Waals surface area contributed by atoms with Crippen molar-refractivity contribution in [1.82, 2.24) is 9.13 Å². The minimum atomic E-state index is -0.161. The first-order valence-electron chi connectivity index (χ1n) is 6.78. The van der Waals surface area contributed by atoms with Crippen molar-refractivity contribution in [3.63, 3.8) is 0 Å². The lowest BCUT2D eigenvalue weighted by atomic mass is 9.86. The van der Waals surface area contributed by atoms with E-state index in [1.54, 1.807) is 6.07 Å². The molecule has 2 aromatic heterocycles. The van der Waals surface area contributed by atoms with Crippen molar-refractivity contribution in [2.24, 2.45) is 7.05 Å². The molecule has 3 aromatic rings. The maximum atomic E-state index is 10.5. The van der Waals surface area contributed by atoms with Gasteiger partial charge in [0.1, 0.15) is 0 Å². The molecule has 0 unspecified atom stereocenters. The molecule has 0 radical (unpaired) electrons. The van der Waals surface area contributed by atoms with Gasteiger partial charge in [0.15, 0.2) is 0 Å². The Morgan fingerprint density at radius 2 is 1.27 bits per heavy atom. The highest BCUT2D eigenvalue weighted by atomic mass is 16.3. The molecule has 0 saturated heterocycles. The second kappa shape index (κ2) is 3.79. The molecular formula is C16H14N2O4. The summed E-state index contributed by atoms with van der Waals surface area (Å²) in [7, 11) is 1.51. The number of benzene rings is 1. The summed E-state index contributed by atoms with van der Waals surface area (Å²) >= 11 is 0. The van der Waals surface area contributed by atoms with E-state index in [0.29, 0.717) is 27.9 Å². The summed E-state index contributed by atoms with van der Waals surface area (Å²) in [5.41, 5.74) is 3.00. The quantitative estimate of drug-likeness (QED) is 0.435. The van der Waals surface area contributed by atoms with Crippen molar-refractivity contribution in [1.29, 1.82) is 0 Å². The van der Waals surface area contributed by atoms with E-state index in [2.05, 4.69) is 0 Å². The van der Waals surface area contributed by atoms with Crippen LogP contribution < -0.4 is 0 Å². The Morgan fingerprint density at radius 1 is 0.773 bits per heavy atom. The highest BCUT2D eigenvalue weighted by Crippen LogP contribution is 2.65. The Labute approximate surface area is 125 Å². The van der Waals surface area contributed by atoms with Crippen LogP contribution in [0.3, 0.4) is 0 Å². The number of hydrogen-bond donors (Lipinski definition) is 4. The van der Waals surface area contributed by atoms with Gasteiger partial charge in [-0.25, -0.2) is 0 Å². The number of nitrogens with zero attached hydrogens (tertiary/aromatic N) is 2. The molecule has 112 valence electrons. The van der Waals surface area contributed by atoms with Crippen molar-refractivity contribution < 1.29 is 20.4 Å². The Bertz CT molecular complexity index is 899. The zero-order valence-corrected chi connectivity index (χ0v) is 12.0. The molecule has 0 bridgehead atoms. The molecule has 0 saturated carbocycles. The first kappa shape index (κ1) is 12.7. The normalized spacial score (nSPS) is 11.9. The van der Waals surface area contributed by atoms with Crippen LogP contribution in [-0.4, -0.2) is 29.6 Å². The lowest BCUT2D eigenvalue weighted by Crippen LogP contribution is -1.93. The van der Waals surface area contributed by atoms with Crippen LogP contribution >= 0.6 is 0 Å². The first-order valence-corrected chi connectivity index (χ1v) is 6.78. The molecule has 0 aliphatic heterocycles.